The largest absolute Gasteiger partial charge is 0.507 e. The van der Waals surface area contributed by atoms with E-state index in [0.29, 0.717) is 16.5 Å². The van der Waals surface area contributed by atoms with Gasteiger partial charge in [0.2, 0.25) is 0 Å². The molecular formula is C10H10N2O3S. The van der Waals surface area contributed by atoms with Gasteiger partial charge in [0.05, 0.1) is 12.2 Å². The van der Waals surface area contributed by atoms with Crippen molar-refractivity contribution in [3.8, 4) is 17.2 Å². The minimum absolute atomic E-state index is 0.0545. The van der Waals surface area contributed by atoms with Gasteiger partial charge >= 0.3 is 0 Å². The summed E-state index contributed by atoms with van der Waals surface area (Å²) in [5, 5.41) is 26.2. The second-order valence-corrected chi connectivity index (χ2v) is 4.01. The van der Waals surface area contributed by atoms with Crippen LogP contribution in [0.1, 0.15) is 0 Å². The van der Waals surface area contributed by atoms with Crippen LogP contribution >= 0.6 is 11.8 Å². The molecule has 0 spiro atoms. The molecule has 84 valence electrons. The number of aliphatic hydroxyl groups excluding tert-OH is 1. The summed E-state index contributed by atoms with van der Waals surface area (Å²) in [7, 11) is 0. The van der Waals surface area contributed by atoms with Crippen LogP contribution in [0.5, 0.6) is 5.75 Å². The lowest BCUT2D eigenvalue weighted by atomic mass is 10.2. The van der Waals surface area contributed by atoms with Gasteiger partial charge in [0, 0.05) is 5.75 Å². The van der Waals surface area contributed by atoms with Crippen LogP contribution in [-0.4, -0.2) is 32.8 Å². The average molecular weight is 238 g/mol. The van der Waals surface area contributed by atoms with Crippen molar-refractivity contribution in [2.24, 2.45) is 0 Å². The van der Waals surface area contributed by atoms with Gasteiger partial charge < -0.3 is 14.6 Å². The summed E-state index contributed by atoms with van der Waals surface area (Å²) < 4.78 is 5.32. The molecule has 5 nitrogen and oxygen atoms in total. The first kappa shape index (κ1) is 11.0. The SMILES string of the molecule is OCCSc1nnc(-c2ccccc2O)o1. The number of aromatic hydroxyl groups is 1. The molecule has 16 heavy (non-hydrogen) atoms. The molecule has 1 aromatic heterocycles. The third-order valence-electron chi connectivity index (χ3n) is 1.86. The number of aromatic nitrogens is 2. The molecule has 0 radical (unpaired) electrons. The fourth-order valence-corrected chi connectivity index (χ4v) is 1.67. The molecule has 0 saturated heterocycles. The highest BCUT2D eigenvalue weighted by Gasteiger charge is 2.11. The minimum atomic E-state index is 0.0545. The molecule has 0 amide bonds. The summed E-state index contributed by atoms with van der Waals surface area (Å²) in [6, 6.07) is 6.75. The molecule has 0 aliphatic rings. The zero-order valence-electron chi connectivity index (χ0n) is 8.33. The number of hydrogen-bond acceptors (Lipinski definition) is 6. The zero-order valence-corrected chi connectivity index (χ0v) is 9.15. The van der Waals surface area contributed by atoms with Crippen LogP contribution in [0.4, 0.5) is 0 Å². The Balaban J connectivity index is 2.22. The molecule has 0 bridgehead atoms. The van der Waals surface area contributed by atoms with Crippen molar-refractivity contribution < 1.29 is 14.6 Å². The molecule has 0 saturated carbocycles. The maximum atomic E-state index is 9.57. The van der Waals surface area contributed by atoms with Crippen molar-refractivity contribution in [2.45, 2.75) is 5.22 Å². The first-order valence-corrected chi connectivity index (χ1v) is 5.65. The van der Waals surface area contributed by atoms with E-state index in [1.807, 2.05) is 0 Å². The van der Waals surface area contributed by atoms with Gasteiger partial charge in [0.15, 0.2) is 0 Å². The highest BCUT2D eigenvalue weighted by Crippen LogP contribution is 2.29. The standard InChI is InChI=1S/C10H10N2O3S/c13-5-6-16-10-12-11-9(15-10)7-3-1-2-4-8(7)14/h1-4,13-14H,5-6H2. The second kappa shape index (κ2) is 5.00. The zero-order chi connectivity index (χ0) is 11.4. The van der Waals surface area contributed by atoms with Crippen LogP contribution in [0, 0.1) is 0 Å². The van der Waals surface area contributed by atoms with E-state index >= 15 is 0 Å². The van der Waals surface area contributed by atoms with Gasteiger partial charge in [-0.2, -0.15) is 0 Å². The fraction of sp³-hybridized carbons (Fsp3) is 0.200. The lowest BCUT2D eigenvalue weighted by Crippen LogP contribution is -1.84. The molecule has 0 aliphatic carbocycles. The van der Waals surface area contributed by atoms with Crippen molar-refractivity contribution in [3.63, 3.8) is 0 Å². The number of para-hydroxylation sites is 1. The van der Waals surface area contributed by atoms with Crippen molar-refractivity contribution in [2.75, 3.05) is 12.4 Å². The Morgan fingerprint density at radius 2 is 2.06 bits per heavy atom. The molecule has 0 unspecified atom stereocenters. The third-order valence-corrected chi connectivity index (χ3v) is 2.66. The number of hydrogen-bond donors (Lipinski definition) is 2. The van der Waals surface area contributed by atoms with Gasteiger partial charge in [-0.15, -0.1) is 10.2 Å². The van der Waals surface area contributed by atoms with Crippen LogP contribution < -0.4 is 0 Å². The quantitative estimate of drug-likeness (QED) is 0.786. The fourth-order valence-electron chi connectivity index (χ4n) is 1.16. The first-order chi connectivity index (χ1) is 7.81. The molecule has 2 aromatic rings. The van der Waals surface area contributed by atoms with E-state index in [1.54, 1.807) is 24.3 Å². The Morgan fingerprint density at radius 3 is 2.81 bits per heavy atom. The van der Waals surface area contributed by atoms with E-state index in [2.05, 4.69) is 10.2 Å². The molecular weight excluding hydrogens is 228 g/mol. The Labute approximate surface area is 96.1 Å². The summed E-state index contributed by atoms with van der Waals surface area (Å²) in [4.78, 5) is 0. The topological polar surface area (TPSA) is 79.4 Å². The van der Waals surface area contributed by atoms with E-state index in [-0.39, 0.29) is 18.2 Å². The van der Waals surface area contributed by atoms with Crippen LogP contribution in [0.25, 0.3) is 11.5 Å². The lowest BCUT2D eigenvalue weighted by Gasteiger charge is -1.97. The average Bonchev–Trinajstić information content (AvgIpc) is 2.75. The van der Waals surface area contributed by atoms with E-state index in [9.17, 15) is 5.11 Å². The maximum Gasteiger partial charge on any atom is 0.276 e. The Hall–Kier alpha value is -1.53. The van der Waals surface area contributed by atoms with Gasteiger partial charge in [-0.25, -0.2) is 0 Å². The number of aliphatic hydroxyl groups is 1. The second-order valence-electron chi connectivity index (χ2n) is 2.96. The Morgan fingerprint density at radius 1 is 1.25 bits per heavy atom. The normalized spacial score (nSPS) is 10.6. The summed E-state index contributed by atoms with van der Waals surface area (Å²) in [5.41, 5.74) is 0.505. The number of phenols is 1. The number of phenolic OH excluding ortho intramolecular Hbond substituents is 1. The van der Waals surface area contributed by atoms with Crippen molar-refractivity contribution in [1.29, 1.82) is 0 Å². The molecule has 2 N–H and O–H groups in total. The van der Waals surface area contributed by atoms with Gasteiger partial charge in [-0.3, -0.25) is 0 Å². The highest BCUT2D eigenvalue weighted by molar-refractivity contribution is 7.99. The molecule has 0 atom stereocenters. The first-order valence-electron chi connectivity index (χ1n) is 4.67. The third kappa shape index (κ3) is 2.34. The van der Waals surface area contributed by atoms with E-state index in [4.69, 9.17) is 9.52 Å². The molecule has 2 rings (SSSR count). The van der Waals surface area contributed by atoms with Crippen molar-refractivity contribution in [3.05, 3.63) is 24.3 Å². The smallest absolute Gasteiger partial charge is 0.276 e. The monoisotopic (exact) mass is 238 g/mol. The van der Waals surface area contributed by atoms with Gasteiger partial charge in [0.1, 0.15) is 5.75 Å². The van der Waals surface area contributed by atoms with Gasteiger partial charge in [0.25, 0.3) is 11.1 Å². The van der Waals surface area contributed by atoms with Crippen LogP contribution in [0.15, 0.2) is 33.9 Å². The molecule has 1 heterocycles. The number of rotatable bonds is 4. The molecule has 6 heteroatoms. The molecule has 0 fully saturated rings. The van der Waals surface area contributed by atoms with Crippen LogP contribution in [-0.2, 0) is 0 Å². The van der Waals surface area contributed by atoms with Crippen LogP contribution in [0.2, 0.25) is 0 Å². The number of benzene rings is 1. The maximum absolute atomic E-state index is 9.57. The Bertz CT molecular complexity index is 473. The van der Waals surface area contributed by atoms with E-state index < -0.39 is 0 Å². The number of thioether (sulfide) groups is 1. The summed E-state index contributed by atoms with van der Waals surface area (Å²) in [6.45, 7) is 0.0545. The highest BCUT2D eigenvalue weighted by atomic mass is 32.2. The van der Waals surface area contributed by atoms with Crippen molar-refractivity contribution >= 4 is 11.8 Å². The summed E-state index contributed by atoms with van der Waals surface area (Å²) >= 11 is 1.27. The Kier molecular flexibility index (Phi) is 3.43. The van der Waals surface area contributed by atoms with Crippen molar-refractivity contribution in [1.82, 2.24) is 10.2 Å². The van der Waals surface area contributed by atoms with E-state index in [0.717, 1.165) is 0 Å². The minimum Gasteiger partial charge on any atom is -0.507 e. The predicted octanol–water partition coefficient (Wildman–Crippen LogP) is 1.53. The van der Waals surface area contributed by atoms with E-state index in [1.165, 1.54) is 11.8 Å². The van der Waals surface area contributed by atoms with Crippen LogP contribution in [0.3, 0.4) is 0 Å². The molecule has 0 aliphatic heterocycles. The molecule has 1 aromatic carbocycles. The van der Waals surface area contributed by atoms with Gasteiger partial charge in [-0.1, -0.05) is 23.9 Å². The summed E-state index contributed by atoms with van der Waals surface area (Å²) in [6.07, 6.45) is 0. The number of nitrogens with zero attached hydrogens (tertiary/aromatic N) is 2. The van der Waals surface area contributed by atoms with Gasteiger partial charge in [-0.05, 0) is 12.1 Å². The predicted molar refractivity (Wildman–Crippen MR) is 59.2 cm³/mol. The lowest BCUT2D eigenvalue weighted by molar-refractivity contribution is 0.322. The summed E-state index contributed by atoms with van der Waals surface area (Å²) in [5.74, 6) is 0.881.